The Labute approximate surface area is 116 Å². The highest BCUT2D eigenvalue weighted by molar-refractivity contribution is 5.23. The van der Waals surface area contributed by atoms with Crippen LogP contribution < -0.4 is 5.73 Å². The lowest BCUT2D eigenvalue weighted by Gasteiger charge is -2.34. The van der Waals surface area contributed by atoms with Gasteiger partial charge in [0.25, 0.3) is 0 Å². The van der Waals surface area contributed by atoms with Crippen molar-refractivity contribution in [1.82, 2.24) is 4.90 Å². The molecule has 19 heavy (non-hydrogen) atoms. The minimum absolute atomic E-state index is 0.441. The summed E-state index contributed by atoms with van der Waals surface area (Å²) in [5, 5.41) is 0. The van der Waals surface area contributed by atoms with Crippen molar-refractivity contribution in [1.29, 1.82) is 0 Å². The Bertz CT molecular complexity index is 394. The average molecular weight is 262 g/mol. The van der Waals surface area contributed by atoms with Gasteiger partial charge >= 0.3 is 0 Å². The monoisotopic (exact) mass is 262 g/mol. The van der Waals surface area contributed by atoms with E-state index in [1.165, 1.54) is 30.4 Å². The zero-order valence-corrected chi connectivity index (χ0v) is 12.1. The van der Waals surface area contributed by atoms with Gasteiger partial charge in [0.1, 0.15) is 0 Å². The largest absolute Gasteiger partial charge is 0.381 e. The molecule has 1 saturated carbocycles. The molecule has 2 atom stereocenters. The molecule has 0 spiro atoms. The zero-order chi connectivity index (χ0) is 13.7. The number of nitrogens with two attached hydrogens (primary N) is 1. The molecule has 1 aliphatic carbocycles. The Kier molecular flexibility index (Phi) is 5.37. The number of methoxy groups -OCH3 is 1. The first-order valence-corrected chi connectivity index (χ1v) is 7.24. The first kappa shape index (κ1) is 14.5. The highest BCUT2D eigenvalue weighted by Crippen LogP contribution is 2.25. The van der Waals surface area contributed by atoms with Crippen LogP contribution in [0.25, 0.3) is 0 Å². The quantitative estimate of drug-likeness (QED) is 0.886. The van der Waals surface area contributed by atoms with Gasteiger partial charge in [-0.25, -0.2) is 0 Å². The third-order valence-corrected chi connectivity index (χ3v) is 4.21. The van der Waals surface area contributed by atoms with Crippen molar-refractivity contribution in [2.75, 3.05) is 14.2 Å². The highest BCUT2D eigenvalue weighted by Gasteiger charge is 2.24. The molecule has 1 aromatic rings. The molecule has 0 heterocycles. The van der Waals surface area contributed by atoms with Gasteiger partial charge in [0.15, 0.2) is 0 Å². The van der Waals surface area contributed by atoms with Crippen molar-refractivity contribution in [3.63, 3.8) is 0 Å². The van der Waals surface area contributed by atoms with Crippen LogP contribution in [0.3, 0.4) is 0 Å². The second-order valence-corrected chi connectivity index (χ2v) is 5.62. The molecule has 0 saturated heterocycles. The second-order valence-electron chi connectivity index (χ2n) is 5.62. The van der Waals surface area contributed by atoms with E-state index in [0.717, 1.165) is 13.0 Å². The fraction of sp³-hybridized carbons (Fsp3) is 0.625. The van der Waals surface area contributed by atoms with Gasteiger partial charge in [0, 0.05) is 26.2 Å². The number of ether oxygens (including phenoxy) is 1. The number of hydrogen-bond donors (Lipinski definition) is 1. The normalized spacial score (nSPS) is 23.8. The van der Waals surface area contributed by atoms with Crippen LogP contribution in [0.5, 0.6) is 0 Å². The topological polar surface area (TPSA) is 38.5 Å². The molecule has 2 rings (SSSR count). The molecule has 0 aliphatic heterocycles. The molecule has 0 radical (unpaired) electrons. The third-order valence-electron chi connectivity index (χ3n) is 4.21. The van der Waals surface area contributed by atoms with Crippen LogP contribution in [-0.2, 0) is 17.8 Å². The first-order chi connectivity index (χ1) is 9.22. The second kappa shape index (κ2) is 7.04. The fourth-order valence-electron chi connectivity index (χ4n) is 3.01. The van der Waals surface area contributed by atoms with E-state index in [4.69, 9.17) is 10.5 Å². The zero-order valence-electron chi connectivity index (χ0n) is 12.1. The van der Waals surface area contributed by atoms with Crippen LogP contribution in [0.1, 0.15) is 36.8 Å². The van der Waals surface area contributed by atoms with Crippen molar-refractivity contribution in [2.45, 2.75) is 50.9 Å². The van der Waals surface area contributed by atoms with Crippen molar-refractivity contribution in [2.24, 2.45) is 5.73 Å². The number of rotatable bonds is 5. The van der Waals surface area contributed by atoms with E-state index >= 15 is 0 Å². The van der Waals surface area contributed by atoms with Gasteiger partial charge in [0.2, 0.25) is 0 Å². The van der Waals surface area contributed by atoms with Crippen molar-refractivity contribution in [3.05, 3.63) is 35.4 Å². The van der Waals surface area contributed by atoms with Crippen LogP contribution in [0.2, 0.25) is 0 Å². The minimum atomic E-state index is 0.441. The van der Waals surface area contributed by atoms with Gasteiger partial charge < -0.3 is 10.5 Å². The molecular weight excluding hydrogens is 236 g/mol. The van der Waals surface area contributed by atoms with Gasteiger partial charge in [-0.2, -0.15) is 0 Å². The molecular formula is C16H26N2O. The summed E-state index contributed by atoms with van der Waals surface area (Å²) < 4.78 is 5.52. The van der Waals surface area contributed by atoms with Gasteiger partial charge in [-0.15, -0.1) is 0 Å². The van der Waals surface area contributed by atoms with Crippen molar-refractivity contribution >= 4 is 0 Å². The molecule has 1 aliphatic rings. The van der Waals surface area contributed by atoms with Gasteiger partial charge in [-0.05, 0) is 43.9 Å². The molecule has 0 bridgehead atoms. The summed E-state index contributed by atoms with van der Waals surface area (Å²) in [6, 6.07) is 9.23. The molecule has 0 aromatic heterocycles. The molecule has 1 aromatic carbocycles. The summed E-state index contributed by atoms with van der Waals surface area (Å²) >= 11 is 0. The van der Waals surface area contributed by atoms with Crippen LogP contribution in [0, 0.1) is 0 Å². The van der Waals surface area contributed by atoms with Gasteiger partial charge in [-0.3, -0.25) is 4.90 Å². The Hall–Kier alpha value is -0.900. The van der Waals surface area contributed by atoms with E-state index in [-0.39, 0.29) is 0 Å². The Morgan fingerprint density at radius 3 is 2.84 bits per heavy atom. The molecule has 3 nitrogen and oxygen atoms in total. The maximum absolute atomic E-state index is 5.70. The fourth-order valence-corrected chi connectivity index (χ4v) is 3.01. The maximum atomic E-state index is 5.70. The molecule has 0 amide bonds. The predicted molar refractivity (Wildman–Crippen MR) is 78.9 cm³/mol. The Morgan fingerprint density at radius 2 is 2.11 bits per heavy atom. The van der Waals surface area contributed by atoms with Crippen LogP contribution in [0.4, 0.5) is 0 Å². The minimum Gasteiger partial charge on any atom is -0.381 e. The smallest absolute Gasteiger partial charge is 0.0586 e. The van der Waals surface area contributed by atoms with E-state index in [1.807, 2.05) is 7.11 Å². The van der Waals surface area contributed by atoms with E-state index in [2.05, 4.69) is 36.2 Å². The standard InChI is InChI=1S/C16H26N2O/c1-18(15-7-4-8-16(10-15)19-2)12-14-6-3-5-13(9-14)11-17/h3,5-6,9,15-16H,4,7-8,10-12,17H2,1-2H3. The lowest BCUT2D eigenvalue weighted by Crippen LogP contribution is -2.37. The lowest BCUT2D eigenvalue weighted by atomic mass is 9.91. The van der Waals surface area contributed by atoms with Gasteiger partial charge in [-0.1, -0.05) is 24.3 Å². The Morgan fingerprint density at radius 1 is 1.32 bits per heavy atom. The van der Waals surface area contributed by atoms with Gasteiger partial charge in [0.05, 0.1) is 6.10 Å². The van der Waals surface area contributed by atoms with Crippen LogP contribution in [-0.4, -0.2) is 31.2 Å². The maximum Gasteiger partial charge on any atom is 0.0586 e. The molecule has 1 fully saturated rings. The van der Waals surface area contributed by atoms with Crippen molar-refractivity contribution in [3.8, 4) is 0 Å². The summed E-state index contributed by atoms with van der Waals surface area (Å²) in [6.07, 6.45) is 5.37. The van der Waals surface area contributed by atoms with Crippen LogP contribution >= 0.6 is 0 Å². The average Bonchev–Trinajstić information content (AvgIpc) is 2.47. The molecule has 106 valence electrons. The summed E-state index contributed by atoms with van der Waals surface area (Å²) in [7, 11) is 4.05. The van der Waals surface area contributed by atoms with E-state index < -0.39 is 0 Å². The number of nitrogens with zero attached hydrogens (tertiary/aromatic N) is 1. The molecule has 2 N–H and O–H groups in total. The number of hydrogen-bond acceptors (Lipinski definition) is 3. The Balaban J connectivity index is 1.94. The van der Waals surface area contributed by atoms with Crippen LogP contribution in [0.15, 0.2) is 24.3 Å². The summed E-state index contributed by atoms with van der Waals surface area (Å²) in [4.78, 5) is 2.46. The third kappa shape index (κ3) is 4.03. The predicted octanol–water partition coefficient (Wildman–Crippen LogP) is 2.53. The summed E-state index contributed by atoms with van der Waals surface area (Å²) in [5.41, 5.74) is 8.26. The summed E-state index contributed by atoms with van der Waals surface area (Å²) in [5.74, 6) is 0. The summed E-state index contributed by atoms with van der Waals surface area (Å²) in [6.45, 7) is 1.61. The highest BCUT2D eigenvalue weighted by atomic mass is 16.5. The molecule has 2 unspecified atom stereocenters. The van der Waals surface area contributed by atoms with Crippen molar-refractivity contribution < 1.29 is 4.74 Å². The van der Waals surface area contributed by atoms with E-state index in [0.29, 0.717) is 18.7 Å². The number of benzene rings is 1. The van der Waals surface area contributed by atoms with E-state index in [9.17, 15) is 0 Å². The molecule has 3 heteroatoms. The van der Waals surface area contributed by atoms with E-state index in [1.54, 1.807) is 0 Å². The first-order valence-electron chi connectivity index (χ1n) is 7.24. The SMILES string of the molecule is COC1CCCC(N(C)Cc2cccc(CN)c2)C1. The lowest BCUT2D eigenvalue weighted by molar-refractivity contribution is 0.0328.